The van der Waals surface area contributed by atoms with Crippen molar-refractivity contribution in [1.82, 2.24) is 30.0 Å². The normalized spacial score (nSPS) is 11.9. The minimum atomic E-state index is -3.85. The van der Waals surface area contributed by atoms with E-state index < -0.39 is 9.84 Å². The number of H-pyrrole nitrogens is 1. The van der Waals surface area contributed by atoms with E-state index in [1.807, 2.05) is 19.1 Å². The van der Waals surface area contributed by atoms with Gasteiger partial charge in [0.25, 0.3) is 5.91 Å². The number of pyridine rings is 2. The largest absolute Gasteiger partial charge is 0.347 e. The first kappa shape index (κ1) is 21.8. The van der Waals surface area contributed by atoms with Crippen LogP contribution >= 0.6 is 0 Å². The van der Waals surface area contributed by atoms with Crippen LogP contribution in [-0.4, -0.2) is 39.1 Å². The molecule has 0 fully saturated rings. The van der Waals surface area contributed by atoms with Crippen LogP contribution in [0.3, 0.4) is 0 Å². The Balaban J connectivity index is 1.46. The maximum Gasteiger partial charge on any atom is 0.268 e. The molecule has 0 aliphatic carbocycles. The Bertz CT molecular complexity index is 1680. The fourth-order valence-electron chi connectivity index (χ4n) is 4.11. The van der Waals surface area contributed by atoms with Crippen molar-refractivity contribution in [2.75, 3.05) is 0 Å². The minimum Gasteiger partial charge on any atom is -0.347 e. The summed E-state index contributed by atoms with van der Waals surface area (Å²) >= 11 is 0. The van der Waals surface area contributed by atoms with Crippen molar-refractivity contribution in [3.8, 4) is 0 Å². The van der Waals surface area contributed by atoms with Crippen molar-refractivity contribution in [3.05, 3.63) is 77.6 Å². The number of aryl methyl sites for hydroxylation is 1. The number of aromatic amines is 1. The van der Waals surface area contributed by atoms with E-state index in [0.717, 1.165) is 27.5 Å². The summed E-state index contributed by atoms with van der Waals surface area (Å²) in [6.45, 7) is 3.75. The van der Waals surface area contributed by atoms with E-state index in [1.54, 1.807) is 55.5 Å². The molecule has 9 nitrogen and oxygen atoms in total. The van der Waals surface area contributed by atoms with Gasteiger partial charge in [0.1, 0.15) is 5.69 Å². The zero-order chi connectivity index (χ0) is 24.0. The van der Waals surface area contributed by atoms with E-state index in [4.69, 9.17) is 0 Å². The lowest BCUT2D eigenvalue weighted by Crippen LogP contribution is -2.25. The molecule has 0 aliphatic heterocycles. The van der Waals surface area contributed by atoms with Crippen molar-refractivity contribution in [2.45, 2.75) is 30.2 Å². The third kappa shape index (κ3) is 3.52. The fraction of sp³-hybridized carbons (Fsp3) is 0.167. The number of nitrogens with one attached hydrogen (secondary N) is 2. The number of hydrogen-bond acceptors (Lipinski definition) is 6. The number of rotatable bonds is 5. The molecule has 0 unspecified atom stereocenters. The standard InChI is InChI=1S/C24H22N6O3S/c1-14-7-18(8-16-12-28-29-23(14)16)34(32,33)22-9-21(30(3)15(22)2)24(31)27-11-17-10-25-13-20-19(17)5-4-6-26-20/h4-10,12-13H,11H2,1-3H3,(H,27,31)(H,28,29). The van der Waals surface area contributed by atoms with E-state index in [2.05, 4.69) is 25.5 Å². The predicted molar refractivity (Wildman–Crippen MR) is 127 cm³/mol. The first-order chi connectivity index (χ1) is 16.3. The van der Waals surface area contributed by atoms with Gasteiger partial charge in [-0.3, -0.25) is 19.9 Å². The number of fused-ring (bicyclic) bond motifs is 2. The van der Waals surface area contributed by atoms with Gasteiger partial charge in [-0.25, -0.2) is 8.42 Å². The first-order valence-corrected chi connectivity index (χ1v) is 12.1. The van der Waals surface area contributed by atoms with Gasteiger partial charge >= 0.3 is 0 Å². The van der Waals surface area contributed by atoms with Crippen molar-refractivity contribution in [3.63, 3.8) is 0 Å². The summed E-state index contributed by atoms with van der Waals surface area (Å²) in [5.41, 5.74) is 3.86. The van der Waals surface area contributed by atoms with Gasteiger partial charge < -0.3 is 9.88 Å². The van der Waals surface area contributed by atoms with Crippen LogP contribution in [0.2, 0.25) is 0 Å². The van der Waals surface area contributed by atoms with Crippen LogP contribution in [0.5, 0.6) is 0 Å². The van der Waals surface area contributed by atoms with Gasteiger partial charge in [-0.1, -0.05) is 6.07 Å². The number of nitrogens with zero attached hydrogens (tertiary/aromatic N) is 4. The Morgan fingerprint density at radius 1 is 1.15 bits per heavy atom. The molecule has 4 heterocycles. The zero-order valence-electron chi connectivity index (χ0n) is 18.8. The SMILES string of the molecule is Cc1cc(S(=O)(=O)c2cc(C(=O)NCc3cncc4ncccc34)n(C)c2C)cc2cn[nH]c12. The van der Waals surface area contributed by atoms with Gasteiger partial charge in [0.2, 0.25) is 9.84 Å². The van der Waals surface area contributed by atoms with Gasteiger partial charge in [0, 0.05) is 42.5 Å². The van der Waals surface area contributed by atoms with Gasteiger partial charge in [0.15, 0.2) is 0 Å². The molecule has 1 aromatic carbocycles. The van der Waals surface area contributed by atoms with Gasteiger partial charge in [-0.15, -0.1) is 0 Å². The first-order valence-electron chi connectivity index (χ1n) is 10.6. The minimum absolute atomic E-state index is 0.0958. The Kier molecular flexibility index (Phi) is 5.17. The quantitative estimate of drug-likeness (QED) is 0.403. The van der Waals surface area contributed by atoms with Gasteiger partial charge in [-0.05, 0) is 49.2 Å². The van der Waals surface area contributed by atoms with Crippen LogP contribution < -0.4 is 5.32 Å². The molecule has 0 aliphatic rings. The summed E-state index contributed by atoms with van der Waals surface area (Å²) in [6.07, 6.45) is 6.63. The molecular weight excluding hydrogens is 452 g/mol. The molecule has 10 heteroatoms. The average molecular weight is 475 g/mol. The predicted octanol–water partition coefficient (Wildman–Crippen LogP) is 3.22. The van der Waals surface area contributed by atoms with E-state index in [0.29, 0.717) is 11.1 Å². The molecule has 0 radical (unpaired) electrons. The molecule has 0 atom stereocenters. The molecule has 172 valence electrons. The molecule has 4 aromatic heterocycles. The van der Waals surface area contributed by atoms with Crippen LogP contribution in [0.25, 0.3) is 21.8 Å². The second-order valence-electron chi connectivity index (χ2n) is 8.17. The van der Waals surface area contributed by atoms with E-state index in [9.17, 15) is 13.2 Å². The number of sulfone groups is 1. The molecular formula is C24H22N6O3S. The van der Waals surface area contributed by atoms with Gasteiger partial charge in [-0.2, -0.15) is 5.10 Å². The highest BCUT2D eigenvalue weighted by Crippen LogP contribution is 2.30. The lowest BCUT2D eigenvalue weighted by Gasteiger charge is -2.09. The summed E-state index contributed by atoms with van der Waals surface area (Å²) in [5.74, 6) is -0.380. The zero-order valence-corrected chi connectivity index (χ0v) is 19.6. The smallest absolute Gasteiger partial charge is 0.268 e. The van der Waals surface area contributed by atoms with E-state index in [-0.39, 0.29) is 27.9 Å². The maximum atomic E-state index is 13.5. The Hall–Kier alpha value is -4.05. The summed E-state index contributed by atoms with van der Waals surface area (Å²) < 4.78 is 28.6. The lowest BCUT2D eigenvalue weighted by atomic mass is 10.1. The molecule has 1 amide bonds. The number of aromatic nitrogens is 5. The molecule has 0 spiro atoms. The van der Waals surface area contributed by atoms with Crippen molar-refractivity contribution < 1.29 is 13.2 Å². The average Bonchev–Trinajstić information content (AvgIpc) is 3.43. The summed E-state index contributed by atoms with van der Waals surface area (Å²) in [7, 11) is -2.18. The molecule has 5 rings (SSSR count). The summed E-state index contributed by atoms with van der Waals surface area (Å²) in [4.78, 5) is 21.7. The van der Waals surface area contributed by atoms with Crippen LogP contribution in [0.4, 0.5) is 0 Å². The Labute approximate surface area is 195 Å². The van der Waals surface area contributed by atoms with Crippen LogP contribution in [0.15, 0.2) is 64.9 Å². The van der Waals surface area contributed by atoms with Gasteiger partial charge in [0.05, 0.1) is 33.2 Å². The summed E-state index contributed by atoms with van der Waals surface area (Å²) in [5, 5.41) is 11.4. The van der Waals surface area contributed by atoms with Crippen molar-refractivity contribution in [1.29, 1.82) is 0 Å². The van der Waals surface area contributed by atoms with Crippen LogP contribution in [0, 0.1) is 13.8 Å². The number of carbonyl (C=O) groups is 1. The monoisotopic (exact) mass is 474 g/mol. The molecule has 5 aromatic rings. The highest BCUT2D eigenvalue weighted by atomic mass is 32.2. The van der Waals surface area contributed by atoms with Crippen LogP contribution in [0.1, 0.15) is 27.3 Å². The Morgan fingerprint density at radius 3 is 2.79 bits per heavy atom. The third-order valence-electron chi connectivity index (χ3n) is 6.09. The maximum absolute atomic E-state index is 13.5. The number of hydrogen-bond donors (Lipinski definition) is 2. The molecule has 34 heavy (non-hydrogen) atoms. The second-order valence-corrected chi connectivity index (χ2v) is 10.1. The fourth-order valence-corrected chi connectivity index (χ4v) is 5.77. The second kappa shape index (κ2) is 8.07. The molecule has 0 bridgehead atoms. The van der Waals surface area contributed by atoms with Crippen molar-refractivity contribution in [2.24, 2.45) is 7.05 Å². The lowest BCUT2D eigenvalue weighted by molar-refractivity contribution is 0.0942. The van der Waals surface area contributed by atoms with Crippen LogP contribution in [-0.2, 0) is 23.4 Å². The highest BCUT2D eigenvalue weighted by Gasteiger charge is 2.27. The molecule has 0 saturated carbocycles. The summed E-state index contributed by atoms with van der Waals surface area (Å²) in [6, 6.07) is 8.38. The highest BCUT2D eigenvalue weighted by molar-refractivity contribution is 7.91. The van der Waals surface area contributed by atoms with E-state index >= 15 is 0 Å². The molecule has 0 saturated heterocycles. The number of carbonyl (C=O) groups excluding carboxylic acids is 1. The van der Waals surface area contributed by atoms with E-state index in [1.165, 1.54) is 6.07 Å². The topological polar surface area (TPSA) is 123 Å². The van der Waals surface area contributed by atoms with Crippen molar-refractivity contribution >= 4 is 37.6 Å². The number of benzene rings is 1. The number of amides is 1. The third-order valence-corrected chi connectivity index (χ3v) is 7.94. The Morgan fingerprint density at radius 2 is 1.97 bits per heavy atom. The molecule has 2 N–H and O–H groups in total.